The molecule has 0 saturated carbocycles. The molecule has 20 heavy (non-hydrogen) atoms. The van der Waals surface area contributed by atoms with Crippen molar-refractivity contribution in [3.63, 3.8) is 0 Å². The molecule has 0 amide bonds. The Bertz CT molecular complexity index is 496. The Hall–Kier alpha value is -1.60. The smallest absolute Gasteiger partial charge is 0.123 e. The Morgan fingerprint density at radius 1 is 1.40 bits per heavy atom. The highest BCUT2D eigenvalue weighted by Crippen LogP contribution is 2.22. The van der Waals surface area contributed by atoms with Crippen LogP contribution in [-0.2, 0) is 0 Å². The van der Waals surface area contributed by atoms with Gasteiger partial charge in [-0.25, -0.2) is 4.39 Å². The first-order valence-electron chi connectivity index (χ1n) is 6.87. The molecule has 0 heterocycles. The lowest BCUT2D eigenvalue weighted by molar-refractivity contribution is 0.175. The average molecular weight is 278 g/mol. The molecule has 2 unspecified atom stereocenters. The molecule has 0 fully saturated rings. The van der Waals surface area contributed by atoms with Gasteiger partial charge in [0.05, 0.1) is 12.2 Å². The fraction of sp³-hybridized carbons (Fsp3) is 0.562. The highest BCUT2D eigenvalue weighted by atomic mass is 19.1. The highest BCUT2D eigenvalue weighted by molar-refractivity contribution is 5.32. The minimum Gasteiger partial charge on any atom is -0.490 e. The number of aryl methyl sites for hydroxylation is 1. The Balaban J connectivity index is 2.71. The van der Waals surface area contributed by atoms with E-state index in [-0.39, 0.29) is 18.0 Å². The van der Waals surface area contributed by atoms with Crippen molar-refractivity contribution in [2.45, 2.75) is 58.7 Å². The lowest BCUT2D eigenvalue weighted by Crippen LogP contribution is -2.47. The largest absolute Gasteiger partial charge is 0.490 e. The van der Waals surface area contributed by atoms with E-state index < -0.39 is 5.54 Å². The van der Waals surface area contributed by atoms with Crippen molar-refractivity contribution in [3.8, 4) is 11.8 Å². The summed E-state index contributed by atoms with van der Waals surface area (Å²) in [6, 6.07) is 6.97. The molecule has 1 aromatic rings. The summed E-state index contributed by atoms with van der Waals surface area (Å²) in [5.41, 5.74) is 0.119. The lowest BCUT2D eigenvalue weighted by atomic mass is 9.95. The highest BCUT2D eigenvalue weighted by Gasteiger charge is 2.27. The number of hydrogen-bond acceptors (Lipinski definition) is 3. The molecule has 0 aliphatic rings. The zero-order chi connectivity index (χ0) is 15.3. The first kappa shape index (κ1) is 16.5. The van der Waals surface area contributed by atoms with Gasteiger partial charge in [0.1, 0.15) is 17.1 Å². The van der Waals surface area contributed by atoms with E-state index in [1.54, 1.807) is 13.0 Å². The van der Waals surface area contributed by atoms with Crippen LogP contribution in [0.25, 0.3) is 0 Å². The molecule has 2 atom stereocenters. The van der Waals surface area contributed by atoms with Crippen LogP contribution in [0.2, 0.25) is 0 Å². The van der Waals surface area contributed by atoms with Gasteiger partial charge in [0.25, 0.3) is 0 Å². The normalized spacial score (nSPS) is 15.5. The number of nitrogens with one attached hydrogen (secondary N) is 1. The zero-order valence-corrected chi connectivity index (χ0v) is 12.8. The van der Waals surface area contributed by atoms with Crippen molar-refractivity contribution >= 4 is 0 Å². The van der Waals surface area contributed by atoms with Gasteiger partial charge >= 0.3 is 0 Å². The van der Waals surface area contributed by atoms with Crippen LogP contribution < -0.4 is 10.1 Å². The van der Waals surface area contributed by atoms with Crippen molar-refractivity contribution in [1.29, 1.82) is 5.26 Å². The van der Waals surface area contributed by atoms with Crippen LogP contribution in [0, 0.1) is 24.1 Å². The van der Waals surface area contributed by atoms with Crippen LogP contribution in [0.15, 0.2) is 18.2 Å². The fourth-order valence-electron chi connectivity index (χ4n) is 2.35. The maximum Gasteiger partial charge on any atom is 0.123 e. The molecule has 1 rings (SSSR count). The van der Waals surface area contributed by atoms with Gasteiger partial charge in [-0.05, 0) is 58.4 Å². The Morgan fingerprint density at radius 3 is 2.55 bits per heavy atom. The Labute approximate surface area is 120 Å². The van der Waals surface area contributed by atoms with E-state index in [0.29, 0.717) is 12.2 Å². The van der Waals surface area contributed by atoms with E-state index in [9.17, 15) is 9.65 Å². The van der Waals surface area contributed by atoms with Crippen LogP contribution in [0.4, 0.5) is 4.39 Å². The summed E-state index contributed by atoms with van der Waals surface area (Å²) < 4.78 is 18.9. The van der Waals surface area contributed by atoms with Crippen LogP contribution >= 0.6 is 0 Å². The molecule has 0 spiro atoms. The van der Waals surface area contributed by atoms with Gasteiger partial charge in [-0.3, -0.25) is 5.32 Å². The number of ether oxygens (including phenoxy) is 1. The van der Waals surface area contributed by atoms with E-state index in [0.717, 1.165) is 5.56 Å². The van der Waals surface area contributed by atoms with Crippen molar-refractivity contribution in [2.24, 2.45) is 0 Å². The second kappa shape index (κ2) is 6.71. The third kappa shape index (κ3) is 4.82. The summed E-state index contributed by atoms with van der Waals surface area (Å²) in [6.07, 6.45) is 0.411. The summed E-state index contributed by atoms with van der Waals surface area (Å²) in [5, 5.41) is 12.6. The fourth-order valence-corrected chi connectivity index (χ4v) is 2.35. The van der Waals surface area contributed by atoms with E-state index >= 15 is 0 Å². The van der Waals surface area contributed by atoms with Crippen LogP contribution in [0.1, 0.15) is 39.7 Å². The minimum absolute atomic E-state index is 0.143. The number of nitrogens with zero attached hydrogens (tertiary/aromatic N) is 1. The predicted molar refractivity (Wildman–Crippen MR) is 78.1 cm³/mol. The SMILES string of the molecule is Cc1cc(F)ccc1OC(C)CC(C)(C#N)NC(C)C. The second-order valence-electron chi connectivity index (χ2n) is 5.79. The molecule has 4 heteroatoms. The van der Waals surface area contributed by atoms with Gasteiger partial charge in [0.2, 0.25) is 0 Å². The summed E-state index contributed by atoms with van der Waals surface area (Å²) in [5.74, 6) is 0.384. The second-order valence-corrected chi connectivity index (χ2v) is 5.79. The molecule has 0 aromatic heterocycles. The molecule has 110 valence electrons. The molecular formula is C16H23FN2O. The van der Waals surface area contributed by atoms with E-state index in [4.69, 9.17) is 4.74 Å². The summed E-state index contributed by atoms with van der Waals surface area (Å²) >= 11 is 0. The van der Waals surface area contributed by atoms with E-state index in [1.165, 1.54) is 12.1 Å². The van der Waals surface area contributed by atoms with Crippen molar-refractivity contribution < 1.29 is 9.13 Å². The van der Waals surface area contributed by atoms with E-state index in [2.05, 4.69) is 11.4 Å². The molecule has 1 N–H and O–H groups in total. The third-order valence-corrected chi connectivity index (χ3v) is 3.01. The van der Waals surface area contributed by atoms with Crippen LogP contribution in [0.3, 0.4) is 0 Å². The predicted octanol–water partition coefficient (Wildman–Crippen LogP) is 3.57. The molecular weight excluding hydrogens is 255 g/mol. The number of nitriles is 1. The first-order chi connectivity index (χ1) is 9.25. The average Bonchev–Trinajstić information content (AvgIpc) is 2.31. The number of rotatable bonds is 6. The van der Waals surface area contributed by atoms with Gasteiger partial charge in [0.15, 0.2) is 0 Å². The topological polar surface area (TPSA) is 45.0 Å². The van der Waals surface area contributed by atoms with Gasteiger partial charge in [-0.1, -0.05) is 0 Å². The summed E-state index contributed by atoms with van der Waals surface area (Å²) in [4.78, 5) is 0. The number of benzene rings is 1. The van der Waals surface area contributed by atoms with Gasteiger partial charge < -0.3 is 4.74 Å². The minimum atomic E-state index is -0.637. The Morgan fingerprint density at radius 2 is 2.05 bits per heavy atom. The summed E-state index contributed by atoms with van der Waals surface area (Å²) in [6.45, 7) is 9.60. The van der Waals surface area contributed by atoms with Crippen molar-refractivity contribution in [3.05, 3.63) is 29.6 Å². The molecule has 0 radical (unpaired) electrons. The molecule has 3 nitrogen and oxygen atoms in total. The van der Waals surface area contributed by atoms with E-state index in [1.807, 2.05) is 27.7 Å². The van der Waals surface area contributed by atoms with Crippen molar-refractivity contribution in [1.82, 2.24) is 5.32 Å². The number of halogens is 1. The number of hydrogen-bond donors (Lipinski definition) is 1. The monoisotopic (exact) mass is 278 g/mol. The standard InChI is InChI=1S/C16H23FN2O/c1-11(2)19-16(5,10-18)9-13(4)20-15-7-6-14(17)8-12(15)3/h6-8,11,13,19H,9H2,1-5H3. The third-order valence-electron chi connectivity index (χ3n) is 3.01. The molecule has 0 saturated heterocycles. The zero-order valence-electron chi connectivity index (χ0n) is 12.8. The maximum atomic E-state index is 13.0. The van der Waals surface area contributed by atoms with Gasteiger partial charge in [0, 0.05) is 12.5 Å². The summed E-state index contributed by atoms with van der Waals surface area (Å²) in [7, 11) is 0. The maximum absolute atomic E-state index is 13.0. The molecule has 1 aromatic carbocycles. The van der Waals surface area contributed by atoms with Gasteiger partial charge in [-0.15, -0.1) is 0 Å². The van der Waals surface area contributed by atoms with Crippen LogP contribution in [-0.4, -0.2) is 17.7 Å². The van der Waals surface area contributed by atoms with Crippen molar-refractivity contribution in [2.75, 3.05) is 0 Å². The quantitative estimate of drug-likeness (QED) is 0.865. The first-order valence-corrected chi connectivity index (χ1v) is 6.87. The molecule has 0 aliphatic carbocycles. The van der Waals surface area contributed by atoms with Crippen LogP contribution in [0.5, 0.6) is 5.75 Å². The molecule has 0 bridgehead atoms. The Kier molecular flexibility index (Phi) is 5.52. The lowest BCUT2D eigenvalue weighted by Gasteiger charge is -2.29. The molecule has 0 aliphatic heterocycles. The van der Waals surface area contributed by atoms with Gasteiger partial charge in [-0.2, -0.15) is 5.26 Å².